The molecule has 18 heavy (non-hydrogen) atoms. The molecule has 2 N–H and O–H groups in total. The highest BCUT2D eigenvalue weighted by molar-refractivity contribution is 5.18. The fourth-order valence-corrected chi connectivity index (χ4v) is 2.80. The van der Waals surface area contributed by atoms with Gasteiger partial charge >= 0.3 is 0 Å². The zero-order valence-corrected chi connectivity index (χ0v) is 11.9. The van der Waals surface area contributed by atoms with Crippen LogP contribution in [-0.4, -0.2) is 21.3 Å². The lowest BCUT2D eigenvalue weighted by Crippen LogP contribution is -2.51. The first-order valence-corrected chi connectivity index (χ1v) is 6.52. The number of aryl methyl sites for hydroxylation is 1. The number of nitrogens with two attached hydrogens (primary N) is 1. The predicted octanol–water partition coefficient (Wildman–Crippen LogP) is 2.15. The standard InChI is InChI=1S/C13H23N3O2/c1-6-7-9-15-10(16-17-9)13(14)8-11(2,3)18-12(13,4)5/h6-8,14H2,1-5H3. The van der Waals surface area contributed by atoms with Crippen molar-refractivity contribution in [1.82, 2.24) is 10.1 Å². The minimum Gasteiger partial charge on any atom is -0.367 e. The smallest absolute Gasteiger partial charge is 0.226 e. The van der Waals surface area contributed by atoms with Crippen LogP contribution in [0.2, 0.25) is 0 Å². The third-order valence-corrected chi connectivity index (χ3v) is 3.64. The van der Waals surface area contributed by atoms with Gasteiger partial charge in [0.2, 0.25) is 5.89 Å². The zero-order chi connectivity index (χ0) is 13.6. The van der Waals surface area contributed by atoms with Crippen LogP contribution in [0.25, 0.3) is 0 Å². The summed E-state index contributed by atoms with van der Waals surface area (Å²) in [4.78, 5) is 4.43. The fraction of sp³-hybridized carbons (Fsp3) is 0.846. The van der Waals surface area contributed by atoms with Crippen molar-refractivity contribution in [1.29, 1.82) is 0 Å². The molecule has 5 heteroatoms. The topological polar surface area (TPSA) is 74.2 Å². The first kappa shape index (κ1) is 13.5. The molecule has 1 fully saturated rings. The normalized spacial score (nSPS) is 29.7. The van der Waals surface area contributed by atoms with Gasteiger partial charge < -0.3 is 15.0 Å². The van der Waals surface area contributed by atoms with E-state index in [9.17, 15) is 0 Å². The monoisotopic (exact) mass is 253 g/mol. The Hall–Kier alpha value is -0.940. The molecule has 1 aliphatic heterocycles. The molecule has 1 aromatic heterocycles. The molecule has 1 aromatic rings. The molecular formula is C13H23N3O2. The van der Waals surface area contributed by atoms with E-state index in [1.807, 2.05) is 27.7 Å². The van der Waals surface area contributed by atoms with Crippen molar-refractivity contribution in [3.8, 4) is 0 Å². The highest BCUT2D eigenvalue weighted by atomic mass is 16.5. The van der Waals surface area contributed by atoms with Crippen molar-refractivity contribution in [2.45, 2.75) is 70.6 Å². The average molecular weight is 253 g/mol. The third-order valence-electron chi connectivity index (χ3n) is 3.64. The molecule has 0 aromatic carbocycles. The van der Waals surface area contributed by atoms with Crippen molar-refractivity contribution in [3.05, 3.63) is 11.7 Å². The van der Waals surface area contributed by atoms with Crippen LogP contribution >= 0.6 is 0 Å². The fourth-order valence-electron chi connectivity index (χ4n) is 2.80. The third kappa shape index (κ3) is 2.06. The first-order valence-electron chi connectivity index (χ1n) is 6.52. The van der Waals surface area contributed by atoms with Gasteiger partial charge in [0.15, 0.2) is 5.82 Å². The molecule has 102 valence electrons. The molecule has 0 saturated carbocycles. The summed E-state index contributed by atoms with van der Waals surface area (Å²) in [6.07, 6.45) is 2.44. The summed E-state index contributed by atoms with van der Waals surface area (Å²) in [5.41, 5.74) is 5.05. The number of aromatic nitrogens is 2. The predicted molar refractivity (Wildman–Crippen MR) is 68.0 cm³/mol. The van der Waals surface area contributed by atoms with E-state index < -0.39 is 11.1 Å². The first-order chi connectivity index (χ1) is 8.20. The van der Waals surface area contributed by atoms with E-state index in [1.165, 1.54) is 0 Å². The molecule has 0 aliphatic carbocycles. The Morgan fingerprint density at radius 2 is 1.94 bits per heavy atom. The molecule has 0 bridgehead atoms. The van der Waals surface area contributed by atoms with Crippen molar-refractivity contribution in [3.63, 3.8) is 0 Å². The number of nitrogens with zero attached hydrogens (tertiary/aromatic N) is 2. The minimum absolute atomic E-state index is 0.274. The zero-order valence-electron chi connectivity index (χ0n) is 11.9. The van der Waals surface area contributed by atoms with Gasteiger partial charge in [0, 0.05) is 12.8 Å². The Labute approximate surface area is 108 Å². The molecule has 1 aliphatic rings. The van der Waals surface area contributed by atoms with E-state index in [0.29, 0.717) is 18.1 Å². The Balaban J connectivity index is 2.35. The Morgan fingerprint density at radius 1 is 1.28 bits per heavy atom. The summed E-state index contributed by atoms with van der Waals surface area (Å²) < 4.78 is 11.3. The van der Waals surface area contributed by atoms with Gasteiger partial charge in [-0.1, -0.05) is 12.1 Å². The van der Waals surface area contributed by atoms with Crippen LogP contribution in [0.1, 0.15) is 59.2 Å². The largest absolute Gasteiger partial charge is 0.367 e. The Kier molecular flexibility index (Phi) is 3.02. The van der Waals surface area contributed by atoms with Crippen LogP contribution in [-0.2, 0) is 16.7 Å². The van der Waals surface area contributed by atoms with Crippen LogP contribution in [0, 0.1) is 0 Å². The number of hydrogen-bond acceptors (Lipinski definition) is 5. The second-order valence-electron chi connectivity index (χ2n) is 6.28. The maximum absolute atomic E-state index is 6.53. The number of ether oxygens (including phenoxy) is 1. The molecular weight excluding hydrogens is 230 g/mol. The maximum Gasteiger partial charge on any atom is 0.226 e. The van der Waals surface area contributed by atoms with Crippen molar-refractivity contribution >= 4 is 0 Å². The SMILES string of the molecule is CCCc1nc(C2(N)CC(C)(C)OC2(C)C)no1. The molecule has 5 nitrogen and oxygen atoms in total. The summed E-state index contributed by atoms with van der Waals surface area (Å²) in [5, 5.41) is 4.06. The molecule has 1 atom stereocenters. The molecule has 0 amide bonds. The van der Waals surface area contributed by atoms with Crippen molar-refractivity contribution in [2.75, 3.05) is 0 Å². The van der Waals surface area contributed by atoms with Gasteiger partial charge in [0.05, 0.1) is 11.2 Å². The second-order valence-corrected chi connectivity index (χ2v) is 6.28. The summed E-state index contributed by atoms with van der Waals surface area (Å²) >= 11 is 0. The van der Waals surface area contributed by atoms with E-state index in [2.05, 4.69) is 17.1 Å². The van der Waals surface area contributed by atoms with Gasteiger partial charge in [-0.3, -0.25) is 0 Å². The number of rotatable bonds is 3. The summed E-state index contributed by atoms with van der Waals surface area (Å²) in [6.45, 7) is 10.1. The van der Waals surface area contributed by atoms with Gasteiger partial charge in [-0.15, -0.1) is 0 Å². The van der Waals surface area contributed by atoms with Gasteiger partial charge in [0.1, 0.15) is 5.54 Å². The van der Waals surface area contributed by atoms with Crippen molar-refractivity contribution < 1.29 is 9.26 Å². The molecule has 0 spiro atoms. The lowest BCUT2D eigenvalue weighted by Gasteiger charge is -2.33. The van der Waals surface area contributed by atoms with Crippen LogP contribution in [0.5, 0.6) is 0 Å². The Morgan fingerprint density at radius 3 is 2.44 bits per heavy atom. The van der Waals surface area contributed by atoms with E-state index in [4.69, 9.17) is 15.0 Å². The number of hydrogen-bond donors (Lipinski definition) is 1. The van der Waals surface area contributed by atoms with E-state index >= 15 is 0 Å². The summed E-state index contributed by atoms with van der Waals surface area (Å²) in [6, 6.07) is 0. The lowest BCUT2D eigenvalue weighted by atomic mass is 9.79. The van der Waals surface area contributed by atoms with Gasteiger partial charge in [0.25, 0.3) is 0 Å². The van der Waals surface area contributed by atoms with E-state index in [0.717, 1.165) is 12.8 Å². The van der Waals surface area contributed by atoms with Crippen LogP contribution in [0.4, 0.5) is 0 Å². The quantitative estimate of drug-likeness (QED) is 0.893. The Bertz CT molecular complexity index is 439. The van der Waals surface area contributed by atoms with Crippen LogP contribution in [0.3, 0.4) is 0 Å². The van der Waals surface area contributed by atoms with Gasteiger partial charge in [-0.2, -0.15) is 4.98 Å². The van der Waals surface area contributed by atoms with Crippen molar-refractivity contribution in [2.24, 2.45) is 5.73 Å². The van der Waals surface area contributed by atoms with Gasteiger partial charge in [-0.05, 0) is 34.1 Å². The molecule has 0 radical (unpaired) electrons. The van der Waals surface area contributed by atoms with Crippen LogP contribution in [0.15, 0.2) is 4.52 Å². The molecule has 2 rings (SSSR count). The lowest BCUT2D eigenvalue weighted by molar-refractivity contribution is -0.0805. The molecule has 2 heterocycles. The van der Waals surface area contributed by atoms with Gasteiger partial charge in [-0.25, -0.2) is 0 Å². The minimum atomic E-state index is -0.702. The summed E-state index contributed by atoms with van der Waals surface area (Å²) in [5.74, 6) is 1.21. The maximum atomic E-state index is 6.53. The molecule has 1 unspecified atom stereocenters. The van der Waals surface area contributed by atoms with E-state index in [1.54, 1.807) is 0 Å². The summed E-state index contributed by atoms with van der Waals surface area (Å²) in [7, 11) is 0. The highest BCUT2D eigenvalue weighted by Crippen LogP contribution is 2.48. The highest BCUT2D eigenvalue weighted by Gasteiger charge is 2.58. The van der Waals surface area contributed by atoms with E-state index in [-0.39, 0.29) is 5.60 Å². The molecule has 1 saturated heterocycles. The average Bonchev–Trinajstić information content (AvgIpc) is 2.69. The van der Waals surface area contributed by atoms with Crippen LogP contribution < -0.4 is 5.73 Å². The second kappa shape index (κ2) is 4.03.